The molecule has 0 spiro atoms. The maximum Gasteiger partial charge on any atom is 0.277 e. The lowest BCUT2D eigenvalue weighted by Gasteiger charge is -2.01. The molecule has 1 rings (SSSR count). The molecule has 0 saturated carbocycles. The van der Waals surface area contributed by atoms with Crippen molar-refractivity contribution in [3.8, 4) is 5.75 Å². The number of aromatic hydroxyl groups is 1. The lowest BCUT2D eigenvalue weighted by atomic mass is 10.1. The molecule has 0 saturated heterocycles. The number of alkyl halides is 2. The fourth-order valence-electron chi connectivity index (χ4n) is 0.974. The van der Waals surface area contributed by atoms with Gasteiger partial charge in [-0.15, -0.1) is 0 Å². The van der Waals surface area contributed by atoms with E-state index in [4.69, 9.17) is 5.73 Å². The molecule has 1 aromatic carbocycles. The summed E-state index contributed by atoms with van der Waals surface area (Å²) in [6, 6.07) is 5.65. The minimum atomic E-state index is -2.88. The summed E-state index contributed by atoms with van der Waals surface area (Å²) >= 11 is 0. The van der Waals surface area contributed by atoms with E-state index in [1.807, 2.05) is 0 Å². The normalized spacial score (nSPS) is 11.8. The molecule has 0 heterocycles. The summed E-state index contributed by atoms with van der Waals surface area (Å²) in [5, 5.41) is 9.25. The zero-order valence-corrected chi connectivity index (χ0v) is 7.65. The first-order chi connectivity index (χ1) is 7.02. The standard InChI is InChI=1S/C10H9F2NO2/c11-10(12)7(13)5-9(15)6-3-1-2-4-8(6)14/h1-5,10,14H,13H2. The Morgan fingerprint density at radius 3 is 2.53 bits per heavy atom. The average Bonchev–Trinajstić information content (AvgIpc) is 2.18. The molecule has 3 nitrogen and oxygen atoms in total. The van der Waals surface area contributed by atoms with Crippen LogP contribution in [0.4, 0.5) is 8.78 Å². The lowest BCUT2D eigenvalue weighted by Crippen LogP contribution is -2.10. The quantitative estimate of drug-likeness (QED) is 0.593. The molecule has 0 aliphatic carbocycles. The first-order valence-electron chi connectivity index (χ1n) is 4.10. The number of hydrogen-bond donors (Lipinski definition) is 2. The van der Waals surface area contributed by atoms with Gasteiger partial charge < -0.3 is 10.8 Å². The van der Waals surface area contributed by atoms with E-state index in [2.05, 4.69) is 0 Å². The monoisotopic (exact) mass is 213 g/mol. The Labute approximate surface area is 84.8 Å². The number of rotatable bonds is 3. The zero-order chi connectivity index (χ0) is 11.4. The van der Waals surface area contributed by atoms with Gasteiger partial charge in [0.1, 0.15) is 5.75 Å². The molecule has 0 aliphatic rings. The molecule has 1 aromatic rings. The van der Waals surface area contributed by atoms with Crippen LogP contribution in [0.15, 0.2) is 36.0 Å². The van der Waals surface area contributed by atoms with Crippen molar-refractivity contribution in [1.29, 1.82) is 0 Å². The minimum Gasteiger partial charge on any atom is -0.507 e. The largest absolute Gasteiger partial charge is 0.507 e. The average molecular weight is 213 g/mol. The van der Waals surface area contributed by atoms with Gasteiger partial charge in [0.15, 0.2) is 5.78 Å². The molecule has 0 aromatic heterocycles. The molecule has 5 heteroatoms. The number of phenolic OH excluding ortho intramolecular Hbond substituents is 1. The van der Waals surface area contributed by atoms with Crippen molar-refractivity contribution in [1.82, 2.24) is 0 Å². The molecule has 0 radical (unpaired) electrons. The second-order valence-corrected chi connectivity index (χ2v) is 2.83. The van der Waals surface area contributed by atoms with Gasteiger partial charge in [-0.1, -0.05) is 12.1 Å². The number of hydrogen-bond acceptors (Lipinski definition) is 3. The van der Waals surface area contributed by atoms with Crippen molar-refractivity contribution in [3.05, 3.63) is 41.6 Å². The van der Waals surface area contributed by atoms with E-state index in [1.54, 1.807) is 0 Å². The van der Waals surface area contributed by atoms with Gasteiger partial charge in [-0.3, -0.25) is 4.79 Å². The fourth-order valence-corrected chi connectivity index (χ4v) is 0.974. The smallest absolute Gasteiger partial charge is 0.277 e. The summed E-state index contributed by atoms with van der Waals surface area (Å²) in [7, 11) is 0. The number of carbonyl (C=O) groups excluding carboxylic acids is 1. The second-order valence-electron chi connectivity index (χ2n) is 2.83. The van der Waals surface area contributed by atoms with Gasteiger partial charge in [0.2, 0.25) is 0 Å². The third-order valence-corrected chi connectivity index (χ3v) is 1.72. The molecule has 3 N–H and O–H groups in total. The van der Waals surface area contributed by atoms with Crippen LogP contribution >= 0.6 is 0 Å². The Balaban J connectivity index is 2.97. The van der Waals surface area contributed by atoms with E-state index in [1.165, 1.54) is 24.3 Å². The molecule has 0 bridgehead atoms. The SMILES string of the molecule is NC(=CC(=O)c1ccccc1O)C(F)F. The lowest BCUT2D eigenvalue weighted by molar-refractivity contribution is 0.103. The van der Waals surface area contributed by atoms with Crippen LogP contribution in [0.3, 0.4) is 0 Å². The summed E-state index contributed by atoms with van der Waals surface area (Å²) in [6.45, 7) is 0. The van der Waals surface area contributed by atoms with Gasteiger partial charge in [0, 0.05) is 6.08 Å². The Morgan fingerprint density at radius 1 is 1.40 bits per heavy atom. The van der Waals surface area contributed by atoms with E-state index in [-0.39, 0.29) is 11.3 Å². The maximum absolute atomic E-state index is 12.0. The van der Waals surface area contributed by atoms with Crippen molar-refractivity contribution >= 4 is 5.78 Å². The van der Waals surface area contributed by atoms with Gasteiger partial charge in [-0.05, 0) is 12.1 Å². The summed E-state index contributed by atoms with van der Waals surface area (Å²) in [4.78, 5) is 11.3. The first-order valence-corrected chi connectivity index (χ1v) is 4.10. The molecule has 0 fully saturated rings. The highest BCUT2D eigenvalue weighted by Crippen LogP contribution is 2.17. The van der Waals surface area contributed by atoms with E-state index < -0.39 is 17.9 Å². The van der Waals surface area contributed by atoms with Crippen LogP contribution in [-0.2, 0) is 0 Å². The van der Waals surface area contributed by atoms with Crippen LogP contribution in [0.5, 0.6) is 5.75 Å². The van der Waals surface area contributed by atoms with Crippen LogP contribution in [-0.4, -0.2) is 17.3 Å². The third kappa shape index (κ3) is 2.77. The molecule has 15 heavy (non-hydrogen) atoms. The highest BCUT2D eigenvalue weighted by molar-refractivity contribution is 6.06. The molecule has 0 amide bonds. The van der Waals surface area contributed by atoms with Crippen LogP contribution in [0, 0.1) is 0 Å². The van der Waals surface area contributed by atoms with Crippen LogP contribution in [0.1, 0.15) is 10.4 Å². The van der Waals surface area contributed by atoms with Crippen molar-refractivity contribution < 1.29 is 18.7 Å². The van der Waals surface area contributed by atoms with Crippen LogP contribution < -0.4 is 5.73 Å². The van der Waals surface area contributed by atoms with Gasteiger partial charge in [-0.25, -0.2) is 8.78 Å². The minimum absolute atomic E-state index is 0.0545. The summed E-state index contributed by atoms with van der Waals surface area (Å²) in [6.07, 6.45) is -2.26. The van der Waals surface area contributed by atoms with Gasteiger partial charge in [-0.2, -0.15) is 0 Å². The Morgan fingerprint density at radius 2 is 2.00 bits per heavy atom. The zero-order valence-electron chi connectivity index (χ0n) is 7.65. The van der Waals surface area contributed by atoms with Gasteiger partial charge >= 0.3 is 0 Å². The van der Waals surface area contributed by atoms with Crippen LogP contribution in [0.25, 0.3) is 0 Å². The van der Waals surface area contributed by atoms with E-state index in [9.17, 15) is 18.7 Å². The number of benzene rings is 1. The molecule has 80 valence electrons. The highest BCUT2D eigenvalue weighted by Gasteiger charge is 2.12. The van der Waals surface area contributed by atoms with E-state index in [0.717, 1.165) is 0 Å². The number of nitrogens with two attached hydrogens (primary N) is 1. The second kappa shape index (κ2) is 4.54. The third-order valence-electron chi connectivity index (χ3n) is 1.72. The Hall–Kier alpha value is -1.91. The predicted octanol–water partition coefficient (Wildman–Crippen LogP) is 1.68. The van der Waals surface area contributed by atoms with E-state index >= 15 is 0 Å². The van der Waals surface area contributed by atoms with E-state index in [0.29, 0.717) is 6.08 Å². The number of halogens is 2. The van der Waals surface area contributed by atoms with Crippen molar-refractivity contribution in [2.24, 2.45) is 5.73 Å². The number of para-hydroxylation sites is 1. The number of phenols is 1. The fraction of sp³-hybridized carbons (Fsp3) is 0.100. The number of carbonyl (C=O) groups is 1. The first kappa shape index (κ1) is 11.2. The number of ketones is 1. The molecular formula is C10H9F2NO2. The van der Waals surface area contributed by atoms with Crippen molar-refractivity contribution in [2.75, 3.05) is 0 Å². The Kier molecular flexibility index (Phi) is 3.38. The number of allylic oxidation sites excluding steroid dienone is 2. The van der Waals surface area contributed by atoms with Crippen molar-refractivity contribution in [2.45, 2.75) is 6.43 Å². The predicted molar refractivity (Wildman–Crippen MR) is 50.7 cm³/mol. The van der Waals surface area contributed by atoms with Gasteiger partial charge in [0.05, 0.1) is 11.3 Å². The molecule has 0 aliphatic heterocycles. The Bertz CT molecular complexity index is 402. The molecule has 0 unspecified atom stereocenters. The summed E-state index contributed by atoms with van der Waals surface area (Å²) in [5.74, 6) is -1.01. The highest BCUT2D eigenvalue weighted by atomic mass is 19.3. The molecular weight excluding hydrogens is 204 g/mol. The summed E-state index contributed by atoms with van der Waals surface area (Å²) < 4.78 is 24.0. The molecule has 0 atom stereocenters. The topological polar surface area (TPSA) is 63.3 Å². The van der Waals surface area contributed by atoms with Gasteiger partial charge in [0.25, 0.3) is 6.43 Å². The van der Waals surface area contributed by atoms with Crippen LogP contribution in [0.2, 0.25) is 0 Å². The van der Waals surface area contributed by atoms with Crippen molar-refractivity contribution in [3.63, 3.8) is 0 Å². The summed E-state index contributed by atoms with van der Waals surface area (Å²) in [5.41, 5.74) is 4.04. The maximum atomic E-state index is 12.0.